The van der Waals surface area contributed by atoms with Crippen LogP contribution >= 0.6 is 0 Å². The first kappa shape index (κ1) is 21.1. The number of nitrogens with two attached hydrogens (primary N) is 1. The topological polar surface area (TPSA) is 114 Å². The van der Waals surface area contributed by atoms with E-state index in [0.717, 1.165) is 16.5 Å². The fraction of sp³-hybridized carbons (Fsp3) is 0.545. The van der Waals surface area contributed by atoms with Crippen molar-refractivity contribution < 1.29 is 13.2 Å². The molecule has 4 rings (SSSR count). The molecule has 0 bridgehead atoms. The van der Waals surface area contributed by atoms with Crippen LogP contribution in [0.15, 0.2) is 18.2 Å². The van der Waals surface area contributed by atoms with Gasteiger partial charge in [-0.1, -0.05) is 26.8 Å². The molecule has 1 unspecified atom stereocenters. The molecular formula is C22H30N4O3S. The number of carbonyl (C=O) groups excluding carboxylic acids is 1. The SMILES string of the molecule is CC(C)(C)c1cc(C2CC2)cc2c(N)cc(C(=O)NCC3CS(=O)(=O)CCN3)nc12. The van der Waals surface area contributed by atoms with Crippen LogP contribution in [0.2, 0.25) is 0 Å². The second-order valence-corrected chi connectivity index (χ2v) is 11.8. The molecule has 1 aliphatic carbocycles. The molecule has 4 N–H and O–H groups in total. The lowest BCUT2D eigenvalue weighted by Crippen LogP contribution is -2.50. The van der Waals surface area contributed by atoms with Crippen molar-refractivity contribution in [1.82, 2.24) is 15.6 Å². The molecule has 2 aromatic rings. The third kappa shape index (κ3) is 4.44. The van der Waals surface area contributed by atoms with Crippen molar-refractivity contribution in [2.24, 2.45) is 0 Å². The van der Waals surface area contributed by atoms with Crippen LogP contribution in [-0.4, -0.2) is 49.9 Å². The van der Waals surface area contributed by atoms with E-state index < -0.39 is 9.84 Å². The summed E-state index contributed by atoms with van der Waals surface area (Å²) < 4.78 is 23.6. The van der Waals surface area contributed by atoms with Gasteiger partial charge >= 0.3 is 0 Å². The maximum Gasteiger partial charge on any atom is 0.270 e. The molecule has 1 aromatic carbocycles. The monoisotopic (exact) mass is 430 g/mol. The Labute approximate surface area is 177 Å². The first-order valence-corrected chi connectivity index (χ1v) is 12.3. The number of nitrogens with one attached hydrogen (secondary N) is 2. The number of nitrogen functional groups attached to an aromatic ring is 1. The minimum absolute atomic E-state index is 0.0265. The standard InChI is InChI=1S/C22H30N4O3S/c1-22(2,3)17-9-14(13-4-5-13)8-16-18(23)10-19(26-20(16)17)21(27)25-11-15-12-30(28,29)7-6-24-15/h8-10,13,15,24H,4-7,11-12H2,1-3H3,(H2,23,26)(H,25,27). The molecule has 1 saturated carbocycles. The molecule has 2 heterocycles. The van der Waals surface area contributed by atoms with Gasteiger partial charge in [0.05, 0.1) is 17.0 Å². The van der Waals surface area contributed by atoms with Crippen molar-refractivity contribution in [2.75, 3.05) is 30.3 Å². The number of pyridine rings is 1. The first-order chi connectivity index (χ1) is 14.0. The fourth-order valence-electron chi connectivity index (χ4n) is 4.02. The first-order valence-electron chi connectivity index (χ1n) is 10.5. The molecule has 30 heavy (non-hydrogen) atoms. The highest BCUT2D eigenvalue weighted by Crippen LogP contribution is 2.43. The highest BCUT2D eigenvalue weighted by Gasteiger charge is 2.28. The third-order valence-corrected chi connectivity index (χ3v) is 7.60. The lowest BCUT2D eigenvalue weighted by molar-refractivity contribution is 0.0945. The molecule has 2 fully saturated rings. The number of hydrogen-bond acceptors (Lipinski definition) is 6. The van der Waals surface area contributed by atoms with Crippen molar-refractivity contribution in [3.05, 3.63) is 35.0 Å². The summed E-state index contributed by atoms with van der Waals surface area (Å²) in [5, 5.41) is 6.84. The van der Waals surface area contributed by atoms with Gasteiger partial charge in [0.1, 0.15) is 5.69 Å². The molecule has 162 valence electrons. The van der Waals surface area contributed by atoms with Gasteiger partial charge in [-0.2, -0.15) is 0 Å². The van der Waals surface area contributed by atoms with Crippen molar-refractivity contribution in [3.63, 3.8) is 0 Å². The van der Waals surface area contributed by atoms with Crippen molar-refractivity contribution in [2.45, 2.75) is 51.0 Å². The van der Waals surface area contributed by atoms with Gasteiger partial charge in [-0.05, 0) is 47.4 Å². The fourth-order valence-corrected chi connectivity index (χ4v) is 5.46. The summed E-state index contributed by atoms with van der Waals surface area (Å²) in [5.74, 6) is 0.411. The zero-order valence-corrected chi connectivity index (χ0v) is 18.6. The Morgan fingerprint density at radius 1 is 1.27 bits per heavy atom. The van der Waals surface area contributed by atoms with Crippen LogP contribution in [0, 0.1) is 0 Å². The summed E-state index contributed by atoms with van der Waals surface area (Å²) in [5.41, 5.74) is 10.2. The Hall–Kier alpha value is -2.19. The lowest BCUT2D eigenvalue weighted by Gasteiger charge is -2.24. The smallest absolute Gasteiger partial charge is 0.270 e. The van der Waals surface area contributed by atoms with Crippen molar-refractivity contribution in [3.8, 4) is 0 Å². The van der Waals surface area contributed by atoms with E-state index in [2.05, 4.69) is 48.5 Å². The normalized spacial score (nSPS) is 21.5. The van der Waals surface area contributed by atoms with E-state index in [9.17, 15) is 13.2 Å². The number of fused-ring (bicyclic) bond motifs is 1. The molecule has 0 radical (unpaired) electrons. The zero-order valence-electron chi connectivity index (χ0n) is 17.8. The van der Waals surface area contributed by atoms with Crippen LogP contribution in [0.25, 0.3) is 10.9 Å². The van der Waals surface area contributed by atoms with Gasteiger partial charge < -0.3 is 16.4 Å². The summed E-state index contributed by atoms with van der Waals surface area (Å²) in [6.45, 7) is 7.04. The van der Waals surface area contributed by atoms with Gasteiger partial charge in [-0.3, -0.25) is 4.79 Å². The number of amides is 1. The molecule has 1 aromatic heterocycles. The van der Waals surface area contributed by atoms with Gasteiger partial charge in [0.25, 0.3) is 5.91 Å². The number of aromatic nitrogens is 1. The van der Waals surface area contributed by atoms with Crippen LogP contribution in [0.3, 0.4) is 0 Å². The molecule has 7 nitrogen and oxygen atoms in total. The number of hydrogen-bond donors (Lipinski definition) is 3. The van der Waals surface area contributed by atoms with Gasteiger partial charge in [0, 0.05) is 30.2 Å². The van der Waals surface area contributed by atoms with E-state index in [1.807, 2.05) is 0 Å². The average molecular weight is 431 g/mol. The molecule has 2 aliphatic rings. The minimum Gasteiger partial charge on any atom is -0.398 e. The Balaban J connectivity index is 1.63. The van der Waals surface area contributed by atoms with Crippen LogP contribution in [0.5, 0.6) is 0 Å². The molecule has 1 atom stereocenters. The predicted molar refractivity (Wildman–Crippen MR) is 120 cm³/mol. The lowest BCUT2D eigenvalue weighted by atomic mass is 9.83. The summed E-state index contributed by atoms with van der Waals surface area (Å²) >= 11 is 0. The van der Waals surface area contributed by atoms with Crippen molar-refractivity contribution in [1.29, 1.82) is 0 Å². The number of rotatable bonds is 4. The summed E-state index contributed by atoms with van der Waals surface area (Å²) in [6.07, 6.45) is 2.40. The van der Waals surface area contributed by atoms with E-state index in [4.69, 9.17) is 5.73 Å². The van der Waals surface area contributed by atoms with E-state index in [1.165, 1.54) is 18.4 Å². The second kappa shape index (κ2) is 7.50. The number of anilines is 1. The summed E-state index contributed by atoms with van der Waals surface area (Å²) in [7, 11) is -3.06. The molecule has 1 amide bonds. The number of sulfone groups is 1. The van der Waals surface area contributed by atoms with Gasteiger partial charge in [-0.25, -0.2) is 13.4 Å². The highest BCUT2D eigenvalue weighted by molar-refractivity contribution is 7.91. The predicted octanol–water partition coefficient (Wildman–Crippen LogP) is 2.11. The minimum atomic E-state index is -3.06. The molecule has 0 spiro atoms. The Morgan fingerprint density at radius 3 is 2.63 bits per heavy atom. The van der Waals surface area contributed by atoms with E-state index in [1.54, 1.807) is 6.07 Å². The summed E-state index contributed by atoms with van der Waals surface area (Å²) in [6, 6.07) is 5.65. The van der Waals surface area contributed by atoms with Gasteiger partial charge in [-0.15, -0.1) is 0 Å². The Morgan fingerprint density at radius 2 is 2.00 bits per heavy atom. The van der Waals surface area contributed by atoms with Crippen LogP contribution in [0.4, 0.5) is 5.69 Å². The second-order valence-electron chi connectivity index (χ2n) is 9.56. The van der Waals surface area contributed by atoms with Crippen LogP contribution in [-0.2, 0) is 15.3 Å². The molecular weight excluding hydrogens is 400 g/mol. The highest BCUT2D eigenvalue weighted by atomic mass is 32.2. The van der Waals surface area contributed by atoms with Crippen LogP contribution < -0.4 is 16.4 Å². The maximum atomic E-state index is 12.8. The quantitative estimate of drug-likeness (QED) is 0.684. The largest absolute Gasteiger partial charge is 0.398 e. The number of carbonyl (C=O) groups is 1. The summed E-state index contributed by atoms with van der Waals surface area (Å²) in [4.78, 5) is 17.5. The Bertz CT molecular complexity index is 1100. The van der Waals surface area contributed by atoms with E-state index >= 15 is 0 Å². The van der Waals surface area contributed by atoms with Gasteiger partial charge in [0.15, 0.2) is 9.84 Å². The average Bonchev–Trinajstić information content (AvgIpc) is 3.49. The maximum absolute atomic E-state index is 12.8. The number of benzene rings is 1. The van der Waals surface area contributed by atoms with Gasteiger partial charge in [0.2, 0.25) is 0 Å². The van der Waals surface area contributed by atoms with E-state index in [0.29, 0.717) is 18.2 Å². The van der Waals surface area contributed by atoms with E-state index in [-0.39, 0.29) is 41.1 Å². The van der Waals surface area contributed by atoms with Crippen LogP contribution in [0.1, 0.15) is 61.1 Å². The number of nitrogens with zero attached hydrogens (tertiary/aromatic N) is 1. The Kier molecular flexibility index (Phi) is 5.26. The third-order valence-electron chi connectivity index (χ3n) is 5.87. The van der Waals surface area contributed by atoms with Crippen molar-refractivity contribution >= 4 is 32.3 Å². The molecule has 8 heteroatoms. The molecule has 1 aliphatic heterocycles. The zero-order chi connectivity index (χ0) is 21.7. The molecule has 1 saturated heterocycles.